The van der Waals surface area contributed by atoms with Gasteiger partial charge in [0.25, 0.3) is 0 Å². The highest BCUT2D eigenvalue weighted by atomic mass is 32.2. The molecule has 0 radical (unpaired) electrons. The van der Waals surface area contributed by atoms with Crippen LogP contribution in [0.4, 0.5) is 5.95 Å². The average molecular weight is 538 g/mol. The summed E-state index contributed by atoms with van der Waals surface area (Å²) in [7, 11) is -3.25. The molecule has 8 heteroatoms. The molecule has 3 heterocycles. The van der Waals surface area contributed by atoms with Crippen molar-refractivity contribution in [3.05, 3.63) is 102 Å². The number of aromatic nitrogens is 4. The zero-order valence-electron chi connectivity index (χ0n) is 22.5. The van der Waals surface area contributed by atoms with E-state index in [1.165, 1.54) is 11.8 Å². The third-order valence-electron chi connectivity index (χ3n) is 6.69. The van der Waals surface area contributed by atoms with Gasteiger partial charge in [-0.05, 0) is 67.3 Å². The van der Waals surface area contributed by atoms with Gasteiger partial charge in [-0.25, -0.2) is 23.4 Å². The molecule has 2 aromatic carbocycles. The molecule has 0 saturated carbocycles. The van der Waals surface area contributed by atoms with Gasteiger partial charge in [0.15, 0.2) is 9.84 Å². The van der Waals surface area contributed by atoms with Crippen molar-refractivity contribution in [2.45, 2.75) is 38.1 Å². The third-order valence-corrected chi connectivity index (χ3v) is 7.82. The highest BCUT2D eigenvalue weighted by molar-refractivity contribution is 7.90. The highest BCUT2D eigenvalue weighted by Crippen LogP contribution is 2.33. The van der Waals surface area contributed by atoms with E-state index in [1.54, 1.807) is 18.3 Å². The Balaban J connectivity index is 1.53. The molecule has 5 aromatic rings. The number of rotatable bonds is 8. The Kier molecular flexibility index (Phi) is 7.30. The first-order chi connectivity index (χ1) is 18.8. The van der Waals surface area contributed by atoms with E-state index in [-0.39, 0.29) is 6.04 Å². The van der Waals surface area contributed by atoms with Crippen molar-refractivity contribution in [3.8, 4) is 22.6 Å². The first-order valence-electron chi connectivity index (χ1n) is 12.9. The summed E-state index contributed by atoms with van der Waals surface area (Å²) in [6, 6.07) is 21.2. The highest BCUT2D eigenvalue weighted by Gasteiger charge is 2.19. The summed E-state index contributed by atoms with van der Waals surface area (Å²) in [6.45, 7) is 6.13. The summed E-state index contributed by atoms with van der Waals surface area (Å²) in [5.41, 5.74) is 7.64. The second kappa shape index (κ2) is 10.8. The van der Waals surface area contributed by atoms with Crippen molar-refractivity contribution >= 4 is 27.5 Å². The predicted molar refractivity (Wildman–Crippen MR) is 157 cm³/mol. The van der Waals surface area contributed by atoms with Crippen LogP contribution in [-0.2, 0) is 16.3 Å². The lowest BCUT2D eigenvalue weighted by atomic mass is 10.1. The monoisotopic (exact) mass is 537 g/mol. The molecule has 0 aliphatic carbocycles. The molecule has 3 aromatic heterocycles. The molecule has 7 nitrogen and oxygen atoms in total. The molecule has 0 bridgehead atoms. The standard InChI is InChI=1S/C31H31N5O2S/c1-5-7-23-8-10-25(11-9-23)29-30(36-19-17-22(6-2)20-28(36)35-29)27-16-18-32-31(34-27)33-21(3)24-12-14-26(15-13-24)39(4,37)38/h5,7-21H,6H2,1-4H3,(H,32,33,34)/b7-5+. The van der Waals surface area contributed by atoms with Crippen molar-refractivity contribution in [1.29, 1.82) is 0 Å². The molecule has 5 rings (SSSR count). The molecule has 0 spiro atoms. The van der Waals surface area contributed by atoms with Gasteiger partial charge >= 0.3 is 0 Å². The van der Waals surface area contributed by atoms with Gasteiger partial charge < -0.3 is 5.32 Å². The Morgan fingerprint density at radius 1 is 1.00 bits per heavy atom. The number of nitrogens with zero attached hydrogens (tertiary/aromatic N) is 4. The second-order valence-electron chi connectivity index (χ2n) is 9.52. The van der Waals surface area contributed by atoms with Crippen molar-refractivity contribution in [2.75, 3.05) is 11.6 Å². The number of benzene rings is 2. The van der Waals surface area contributed by atoms with Gasteiger partial charge in [0.2, 0.25) is 5.95 Å². The largest absolute Gasteiger partial charge is 0.348 e. The predicted octanol–water partition coefficient (Wildman–Crippen LogP) is 6.63. The van der Waals surface area contributed by atoms with Gasteiger partial charge in [0.05, 0.1) is 28.0 Å². The Hall–Kier alpha value is -4.30. The molecule has 0 amide bonds. The zero-order valence-corrected chi connectivity index (χ0v) is 23.3. The first kappa shape index (κ1) is 26.3. The van der Waals surface area contributed by atoms with E-state index in [0.29, 0.717) is 10.8 Å². The lowest BCUT2D eigenvalue weighted by Gasteiger charge is -2.15. The van der Waals surface area contributed by atoms with Crippen molar-refractivity contribution in [2.24, 2.45) is 0 Å². The minimum Gasteiger partial charge on any atom is -0.348 e. The fraction of sp³-hybridized carbons (Fsp3) is 0.194. The Labute approximate surface area is 229 Å². The maximum Gasteiger partial charge on any atom is 0.223 e. The number of aryl methyl sites for hydroxylation is 1. The molecule has 198 valence electrons. The Bertz CT molecular complexity index is 1760. The van der Waals surface area contributed by atoms with Crippen LogP contribution in [0.2, 0.25) is 0 Å². The summed E-state index contributed by atoms with van der Waals surface area (Å²) >= 11 is 0. The van der Waals surface area contributed by atoms with Crippen LogP contribution in [-0.4, -0.2) is 34.0 Å². The number of fused-ring (bicyclic) bond motifs is 1. The van der Waals surface area contributed by atoms with Crippen LogP contribution >= 0.6 is 0 Å². The number of nitrogens with one attached hydrogen (secondary N) is 1. The van der Waals surface area contributed by atoms with E-state index in [1.807, 2.05) is 38.1 Å². The van der Waals surface area contributed by atoms with Crippen molar-refractivity contribution in [3.63, 3.8) is 0 Å². The molecular weight excluding hydrogens is 506 g/mol. The lowest BCUT2D eigenvalue weighted by Crippen LogP contribution is -2.10. The molecule has 1 atom stereocenters. The average Bonchev–Trinajstić information content (AvgIpc) is 3.32. The fourth-order valence-electron chi connectivity index (χ4n) is 4.54. The van der Waals surface area contributed by atoms with E-state index >= 15 is 0 Å². The number of sulfone groups is 1. The van der Waals surface area contributed by atoms with Crippen LogP contribution in [0.15, 0.2) is 90.1 Å². The van der Waals surface area contributed by atoms with E-state index in [4.69, 9.17) is 9.97 Å². The summed E-state index contributed by atoms with van der Waals surface area (Å²) in [6.07, 6.45) is 10.0. The smallest absolute Gasteiger partial charge is 0.223 e. The molecule has 0 aliphatic rings. The zero-order chi connectivity index (χ0) is 27.6. The van der Waals surface area contributed by atoms with Gasteiger partial charge in [-0.3, -0.25) is 4.40 Å². The van der Waals surface area contributed by atoms with E-state index in [0.717, 1.165) is 45.8 Å². The summed E-state index contributed by atoms with van der Waals surface area (Å²) < 4.78 is 25.7. The Morgan fingerprint density at radius 2 is 1.74 bits per heavy atom. The summed E-state index contributed by atoms with van der Waals surface area (Å²) in [4.78, 5) is 14.6. The van der Waals surface area contributed by atoms with E-state index in [9.17, 15) is 8.42 Å². The topological polar surface area (TPSA) is 89.2 Å². The molecule has 1 unspecified atom stereocenters. The van der Waals surface area contributed by atoms with Crippen LogP contribution in [0.25, 0.3) is 34.4 Å². The maximum absolute atomic E-state index is 11.8. The minimum absolute atomic E-state index is 0.137. The van der Waals surface area contributed by atoms with Crippen LogP contribution in [0.3, 0.4) is 0 Å². The molecule has 0 fully saturated rings. The van der Waals surface area contributed by atoms with Crippen LogP contribution in [0.1, 0.15) is 43.5 Å². The molecule has 1 N–H and O–H groups in total. The van der Waals surface area contributed by atoms with Gasteiger partial charge in [-0.1, -0.05) is 55.5 Å². The van der Waals surface area contributed by atoms with Crippen LogP contribution in [0, 0.1) is 0 Å². The number of pyridine rings is 1. The third kappa shape index (κ3) is 5.61. The summed E-state index contributed by atoms with van der Waals surface area (Å²) in [5.74, 6) is 0.474. The van der Waals surface area contributed by atoms with Crippen molar-refractivity contribution < 1.29 is 8.42 Å². The lowest BCUT2D eigenvalue weighted by molar-refractivity contribution is 0.602. The quantitative estimate of drug-likeness (QED) is 0.239. The van der Waals surface area contributed by atoms with Crippen LogP contribution in [0.5, 0.6) is 0 Å². The van der Waals surface area contributed by atoms with Gasteiger partial charge in [-0.2, -0.15) is 0 Å². The van der Waals surface area contributed by atoms with E-state index < -0.39 is 9.84 Å². The van der Waals surface area contributed by atoms with Crippen LogP contribution < -0.4 is 5.32 Å². The number of hydrogen-bond acceptors (Lipinski definition) is 6. The molecular formula is C31H31N5O2S. The first-order valence-corrected chi connectivity index (χ1v) is 14.8. The Morgan fingerprint density at radius 3 is 2.41 bits per heavy atom. The summed E-state index contributed by atoms with van der Waals surface area (Å²) in [5, 5.41) is 3.36. The number of anilines is 1. The second-order valence-corrected chi connectivity index (χ2v) is 11.5. The van der Waals surface area contributed by atoms with Crippen molar-refractivity contribution in [1.82, 2.24) is 19.4 Å². The number of hydrogen-bond donors (Lipinski definition) is 1. The molecule has 0 aliphatic heterocycles. The van der Waals surface area contributed by atoms with Gasteiger partial charge in [0, 0.05) is 24.2 Å². The number of imidazole rings is 1. The minimum atomic E-state index is -3.25. The molecule has 0 saturated heterocycles. The van der Waals surface area contributed by atoms with Gasteiger partial charge in [0.1, 0.15) is 5.65 Å². The van der Waals surface area contributed by atoms with Gasteiger partial charge in [-0.15, -0.1) is 0 Å². The molecule has 39 heavy (non-hydrogen) atoms. The fourth-order valence-corrected chi connectivity index (χ4v) is 5.17. The maximum atomic E-state index is 11.8. The van der Waals surface area contributed by atoms with E-state index in [2.05, 4.69) is 70.3 Å². The normalized spacial score (nSPS) is 12.7. The SMILES string of the molecule is C/C=C/c1ccc(-c2nc3cc(CC)ccn3c2-c2ccnc(NC(C)c3ccc(S(C)(=O)=O)cc3)n2)cc1. The number of allylic oxidation sites excluding steroid dienone is 1.